The van der Waals surface area contributed by atoms with Gasteiger partial charge in [-0.3, -0.25) is 14.6 Å². The molecule has 2 aromatic heterocycles. The van der Waals surface area contributed by atoms with Gasteiger partial charge in [0.05, 0.1) is 5.56 Å². The van der Waals surface area contributed by atoms with E-state index in [1.54, 1.807) is 48.4 Å². The molecule has 0 bridgehead atoms. The Bertz CT molecular complexity index is 1340. The molecule has 0 atom stereocenters. The number of halogens is 1. The standard InChI is InChI=1S/C30H30ClN3O2S/c31-26-14-12-25(13-15-26)28(35)11-7-2-1-3-8-20-37-30-33-29(36)27(24-16-18-32-19-17-24)22-34(30)21-23-9-5-4-6-10-23/h4-6,9-10,12-19,22H,1-3,7-8,11,20-21H2. The van der Waals surface area contributed by atoms with Crippen LogP contribution >= 0.6 is 23.4 Å². The molecular formula is C30H30ClN3O2S. The van der Waals surface area contributed by atoms with E-state index in [9.17, 15) is 9.59 Å². The van der Waals surface area contributed by atoms with Crippen LogP contribution in [0.25, 0.3) is 11.1 Å². The molecule has 0 aliphatic carbocycles. The highest BCUT2D eigenvalue weighted by molar-refractivity contribution is 7.99. The SMILES string of the molecule is O=C(CCCCCCCSc1nc(=O)c(-c2ccncc2)cn1Cc1ccccc1)c1ccc(Cl)cc1. The van der Waals surface area contributed by atoms with Crippen molar-refractivity contribution in [2.24, 2.45) is 0 Å². The number of nitrogens with zero attached hydrogens (tertiary/aromatic N) is 3. The Hall–Kier alpha value is -3.22. The average molecular weight is 532 g/mol. The molecule has 2 aromatic carbocycles. The number of aromatic nitrogens is 3. The monoisotopic (exact) mass is 531 g/mol. The number of unbranched alkanes of at least 4 members (excludes halogenated alkanes) is 4. The first-order chi connectivity index (χ1) is 18.1. The van der Waals surface area contributed by atoms with Crippen LogP contribution in [0.4, 0.5) is 0 Å². The predicted octanol–water partition coefficient (Wildman–Crippen LogP) is 7.32. The molecule has 2 heterocycles. The predicted molar refractivity (Wildman–Crippen MR) is 151 cm³/mol. The molecule has 4 rings (SSSR count). The number of hydrogen-bond acceptors (Lipinski definition) is 5. The van der Waals surface area contributed by atoms with Crippen molar-refractivity contribution in [3.63, 3.8) is 0 Å². The third-order valence-electron chi connectivity index (χ3n) is 6.09. The smallest absolute Gasteiger partial charge is 0.281 e. The second kappa shape index (κ2) is 13.9. The van der Waals surface area contributed by atoms with E-state index in [0.717, 1.165) is 59.7 Å². The van der Waals surface area contributed by atoms with Gasteiger partial charge in [0.2, 0.25) is 0 Å². The van der Waals surface area contributed by atoms with Crippen LogP contribution in [0.15, 0.2) is 95.3 Å². The molecule has 0 spiro atoms. The molecule has 0 amide bonds. The molecule has 5 nitrogen and oxygen atoms in total. The molecule has 0 saturated heterocycles. The van der Waals surface area contributed by atoms with Crippen molar-refractivity contribution < 1.29 is 4.79 Å². The third-order valence-corrected chi connectivity index (χ3v) is 7.42. The summed E-state index contributed by atoms with van der Waals surface area (Å²) in [5, 5.41) is 1.38. The number of pyridine rings is 1. The number of benzene rings is 2. The topological polar surface area (TPSA) is 64.8 Å². The van der Waals surface area contributed by atoms with Crippen LogP contribution in [0.1, 0.15) is 54.4 Å². The van der Waals surface area contributed by atoms with Crippen LogP contribution in [0.3, 0.4) is 0 Å². The Morgan fingerprint density at radius 1 is 0.865 bits per heavy atom. The van der Waals surface area contributed by atoms with Crippen molar-refractivity contribution in [3.8, 4) is 11.1 Å². The molecule has 0 unspecified atom stereocenters. The number of hydrogen-bond donors (Lipinski definition) is 0. The molecule has 190 valence electrons. The Balaban J connectivity index is 1.28. The van der Waals surface area contributed by atoms with Gasteiger partial charge in [-0.1, -0.05) is 73.0 Å². The lowest BCUT2D eigenvalue weighted by Gasteiger charge is -2.14. The van der Waals surface area contributed by atoms with Crippen LogP contribution in [0.5, 0.6) is 0 Å². The van der Waals surface area contributed by atoms with E-state index < -0.39 is 0 Å². The van der Waals surface area contributed by atoms with Gasteiger partial charge in [-0.15, -0.1) is 0 Å². The van der Waals surface area contributed by atoms with E-state index in [0.29, 0.717) is 23.6 Å². The van der Waals surface area contributed by atoms with Crippen LogP contribution < -0.4 is 5.56 Å². The number of carbonyl (C=O) groups is 1. The molecule has 0 saturated carbocycles. The fraction of sp³-hybridized carbons (Fsp3) is 0.267. The molecule has 37 heavy (non-hydrogen) atoms. The molecule has 0 fully saturated rings. The van der Waals surface area contributed by atoms with Gasteiger partial charge >= 0.3 is 0 Å². The summed E-state index contributed by atoms with van der Waals surface area (Å²) >= 11 is 7.52. The lowest BCUT2D eigenvalue weighted by Crippen LogP contribution is -2.17. The molecule has 4 aromatic rings. The normalized spacial score (nSPS) is 10.9. The van der Waals surface area contributed by atoms with Gasteiger partial charge in [0.1, 0.15) is 0 Å². The van der Waals surface area contributed by atoms with E-state index in [1.165, 1.54) is 0 Å². The third kappa shape index (κ3) is 8.14. The highest BCUT2D eigenvalue weighted by Gasteiger charge is 2.12. The van der Waals surface area contributed by atoms with Gasteiger partial charge in [0, 0.05) is 47.9 Å². The first kappa shape index (κ1) is 26.8. The van der Waals surface area contributed by atoms with E-state index in [1.807, 2.05) is 36.5 Å². The van der Waals surface area contributed by atoms with E-state index in [2.05, 4.69) is 26.7 Å². The van der Waals surface area contributed by atoms with Gasteiger partial charge in [0.25, 0.3) is 5.56 Å². The van der Waals surface area contributed by atoms with Gasteiger partial charge in [-0.25, -0.2) is 0 Å². The molecule has 0 N–H and O–H groups in total. The minimum absolute atomic E-state index is 0.171. The zero-order valence-corrected chi connectivity index (χ0v) is 22.3. The lowest BCUT2D eigenvalue weighted by atomic mass is 10.0. The zero-order valence-electron chi connectivity index (χ0n) is 20.7. The minimum Gasteiger partial charge on any atom is -0.322 e. The maximum absolute atomic E-state index is 12.8. The maximum Gasteiger partial charge on any atom is 0.281 e. The second-order valence-corrected chi connectivity index (χ2v) is 10.4. The Kier molecular flexibility index (Phi) is 10.1. The van der Waals surface area contributed by atoms with E-state index >= 15 is 0 Å². The number of ketones is 1. The quantitative estimate of drug-likeness (QED) is 0.0782. The van der Waals surface area contributed by atoms with Crippen molar-refractivity contribution in [2.75, 3.05) is 5.75 Å². The molecule has 0 aliphatic rings. The van der Waals surface area contributed by atoms with Gasteiger partial charge in [0.15, 0.2) is 10.9 Å². The first-order valence-corrected chi connectivity index (χ1v) is 13.9. The summed E-state index contributed by atoms with van der Waals surface area (Å²) in [7, 11) is 0. The summed E-state index contributed by atoms with van der Waals surface area (Å²) in [6, 6.07) is 21.0. The summed E-state index contributed by atoms with van der Waals surface area (Å²) in [5.74, 6) is 1.06. The first-order valence-electron chi connectivity index (χ1n) is 12.6. The van der Waals surface area contributed by atoms with Crippen LogP contribution in [-0.2, 0) is 6.54 Å². The maximum atomic E-state index is 12.8. The highest BCUT2D eigenvalue weighted by Crippen LogP contribution is 2.22. The van der Waals surface area contributed by atoms with Gasteiger partial charge in [-0.05, 0) is 60.4 Å². The second-order valence-electron chi connectivity index (χ2n) is 8.89. The molecule has 0 aliphatic heterocycles. The van der Waals surface area contributed by atoms with Gasteiger partial charge < -0.3 is 4.57 Å². The van der Waals surface area contributed by atoms with E-state index in [4.69, 9.17) is 11.6 Å². The van der Waals surface area contributed by atoms with Crippen molar-refractivity contribution >= 4 is 29.1 Å². The Morgan fingerprint density at radius 3 is 2.32 bits per heavy atom. The molecule has 7 heteroatoms. The van der Waals surface area contributed by atoms with E-state index in [-0.39, 0.29) is 11.3 Å². The number of Topliss-reactive ketones (excluding diaryl/α,β-unsaturated/α-hetero) is 1. The van der Waals surface area contributed by atoms with Crippen molar-refractivity contribution in [3.05, 3.63) is 112 Å². The summed E-state index contributed by atoms with van der Waals surface area (Å²) in [6.07, 6.45) is 11.0. The van der Waals surface area contributed by atoms with Crippen molar-refractivity contribution in [2.45, 2.75) is 50.2 Å². The van der Waals surface area contributed by atoms with Crippen LogP contribution in [0.2, 0.25) is 5.02 Å². The van der Waals surface area contributed by atoms with Crippen molar-refractivity contribution in [1.29, 1.82) is 0 Å². The van der Waals surface area contributed by atoms with Crippen LogP contribution in [-0.4, -0.2) is 26.1 Å². The fourth-order valence-electron chi connectivity index (χ4n) is 4.08. The minimum atomic E-state index is -0.219. The Labute approximate surface area is 227 Å². The average Bonchev–Trinajstić information content (AvgIpc) is 2.92. The van der Waals surface area contributed by atoms with Crippen LogP contribution in [0, 0.1) is 0 Å². The number of carbonyl (C=O) groups excluding carboxylic acids is 1. The van der Waals surface area contributed by atoms with Gasteiger partial charge in [-0.2, -0.15) is 4.98 Å². The summed E-state index contributed by atoms with van der Waals surface area (Å²) in [4.78, 5) is 33.6. The number of thioether (sulfide) groups is 1. The summed E-state index contributed by atoms with van der Waals surface area (Å²) in [5.41, 5.74) is 3.06. The summed E-state index contributed by atoms with van der Waals surface area (Å²) < 4.78 is 2.07. The lowest BCUT2D eigenvalue weighted by molar-refractivity contribution is 0.0979. The highest BCUT2D eigenvalue weighted by atomic mass is 35.5. The molecule has 0 radical (unpaired) electrons. The Morgan fingerprint density at radius 2 is 1.57 bits per heavy atom. The molecular weight excluding hydrogens is 502 g/mol. The largest absolute Gasteiger partial charge is 0.322 e. The number of rotatable bonds is 13. The fourth-order valence-corrected chi connectivity index (χ4v) is 5.16. The van der Waals surface area contributed by atoms with Crippen molar-refractivity contribution in [1.82, 2.24) is 14.5 Å². The zero-order chi connectivity index (χ0) is 25.9. The summed E-state index contributed by atoms with van der Waals surface area (Å²) in [6.45, 7) is 0.649.